The Morgan fingerprint density at radius 1 is 1.12 bits per heavy atom. The first-order chi connectivity index (χ1) is 11.5. The van der Waals surface area contributed by atoms with Crippen LogP contribution in [0, 0.1) is 0 Å². The quantitative estimate of drug-likeness (QED) is 0.828. The number of hydrogen-bond acceptors (Lipinski definition) is 3. The average molecular weight is 352 g/mol. The second-order valence-electron chi connectivity index (χ2n) is 6.75. The number of sulfonamides is 1. The summed E-state index contributed by atoms with van der Waals surface area (Å²) in [7, 11) is -3.45. The van der Waals surface area contributed by atoms with Gasteiger partial charge in [-0.1, -0.05) is 0 Å². The van der Waals surface area contributed by atoms with Crippen molar-refractivity contribution in [3.63, 3.8) is 0 Å². The number of rotatable bonds is 4. The Labute approximate surface area is 143 Å². The maximum absolute atomic E-state index is 12.8. The molecule has 1 heterocycles. The summed E-state index contributed by atoms with van der Waals surface area (Å²) in [6.07, 6.45) is 5.20. The molecule has 1 saturated carbocycles. The molecule has 6 nitrogen and oxygen atoms in total. The van der Waals surface area contributed by atoms with E-state index in [4.69, 9.17) is 0 Å². The zero-order valence-corrected chi connectivity index (χ0v) is 14.9. The molecule has 0 aromatic heterocycles. The van der Waals surface area contributed by atoms with Crippen LogP contribution >= 0.6 is 0 Å². The van der Waals surface area contributed by atoms with Crippen molar-refractivity contribution in [3.05, 3.63) is 24.3 Å². The van der Waals surface area contributed by atoms with Crippen LogP contribution in [0.5, 0.6) is 0 Å². The van der Waals surface area contributed by atoms with Crippen LogP contribution in [0.1, 0.15) is 32.6 Å². The lowest BCUT2D eigenvalue weighted by molar-refractivity contribution is -0.928. The second kappa shape index (κ2) is 7.21. The minimum Gasteiger partial charge on any atom is -0.330 e. The van der Waals surface area contributed by atoms with Gasteiger partial charge in [-0.3, -0.25) is 4.79 Å². The van der Waals surface area contributed by atoms with Crippen molar-refractivity contribution in [2.45, 2.75) is 43.5 Å². The largest absolute Gasteiger partial charge is 0.330 e. The Morgan fingerprint density at radius 2 is 1.71 bits per heavy atom. The van der Waals surface area contributed by atoms with Crippen LogP contribution in [0.2, 0.25) is 0 Å². The first-order valence-electron chi connectivity index (χ1n) is 8.69. The first kappa shape index (κ1) is 17.4. The van der Waals surface area contributed by atoms with Crippen LogP contribution in [0.4, 0.5) is 5.69 Å². The number of benzene rings is 1. The smallest absolute Gasteiger partial charge is 0.243 e. The van der Waals surface area contributed by atoms with Crippen LogP contribution in [-0.2, 0) is 14.8 Å². The van der Waals surface area contributed by atoms with E-state index in [1.807, 2.05) is 0 Å². The molecule has 1 aromatic rings. The van der Waals surface area contributed by atoms with Gasteiger partial charge in [0.1, 0.15) is 0 Å². The van der Waals surface area contributed by atoms with E-state index in [2.05, 4.69) is 5.32 Å². The van der Waals surface area contributed by atoms with Gasteiger partial charge in [0.05, 0.1) is 37.1 Å². The lowest BCUT2D eigenvalue weighted by atomic mass is 10.2. The monoisotopic (exact) mass is 352 g/mol. The molecule has 1 saturated heterocycles. The van der Waals surface area contributed by atoms with Crippen molar-refractivity contribution in [2.75, 3.05) is 31.5 Å². The lowest BCUT2D eigenvalue weighted by Gasteiger charge is -2.34. The summed E-state index contributed by atoms with van der Waals surface area (Å²) in [5, 5.41) is 2.65. The predicted octanol–water partition coefficient (Wildman–Crippen LogP) is 0.477. The summed E-state index contributed by atoms with van der Waals surface area (Å²) in [5.74, 6) is -0.170. The topological polar surface area (TPSA) is 70.9 Å². The van der Waals surface area contributed by atoms with Gasteiger partial charge in [0.15, 0.2) is 0 Å². The van der Waals surface area contributed by atoms with E-state index in [1.165, 1.54) is 32.6 Å². The van der Waals surface area contributed by atoms with Crippen LogP contribution in [-0.4, -0.2) is 50.9 Å². The van der Waals surface area contributed by atoms with E-state index >= 15 is 0 Å². The normalized spacial score (nSPS) is 21.0. The van der Waals surface area contributed by atoms with Gasteiger partial charge in [-0.25, -0.2) is 8.42 Å². The second-order valence-corrected chi connectivity index (χ2v) is 8.69. The Hall–Kier alpha value is -1.44. The van der Waals surface area contributed by atoms with E-state index in [0.29, 0.717) is 23.7 Å². The molecule has 7 heteroatoms. The number of nitrogens with one attached hydrogen (secondary N) is 2. The average Bonchev–Trinajstić information content (AvgIpc) is 3.09. The summed E-state index contributed by atoms with van der Waals surface area (Å²) >= 11 is 0. The maximum atomic E-state index is 12.8. The number of amides is 1. The van der Waals surface area contributed by atoms with Gasteiger partial charge in [0.25, 0.3) is 0 Å². The molecule has 0 radical (unpaired) electrons. The molecule has 2 fully saturated rings. The summed E-state index contributed by atoms with van der Waals surface area (Å²) in [6, 6.07) is 7.13. The van der Waals surface area contributed by atoms with E-state index in [0.717, 1.165) is 19.1 Å². The van der Waals surface area contributed by atoms with Gasteiger partial charge in [-0.15, -0.1) is 0 Å². The molecule has 0 unspecified atom stereocenters. The highest BCUT2D eigenvalue weighted by Crippen LogP contribution is 2.19. The first-order valence-corrected chi connectivity index (χ1v) is 10.1. The SMILES string of the molecule is CC(=O)Nc1ccc(S(=O)(=O)N2CC[NH+](C3CCCC3)CC2)cc1. The van der Waals surface area contributed by atoms with Gasteiger partial charge >= 0.3 is 0 Å². The molecule has 0 atom stereocenters. The third kappa shape index (κ3) is 3.79. The summed E-state index contributed by atoms with van der Waals surface area (Å²) in [4.78, 5) is 12.9. The van der Waals surface area contributed by atoms with Crippen LogP contribution in [0.3, 0.4) is 0 Å². The van der Waals surface area contributed by atoms with E-state index in [1.54, 1.807) is 33.5 Å². The molecule has 132 valence electrons. The molecule has 2 N–H and O–H groups in total. The highest BCUT2D eigenvalue weighted by Gasteiger charge is 2.34. The van der Waals surface area contributed by atoms with Crippen molar-refractivity contribution in [2.24, 2.45) is 0 Å². The fourth-order valence-corrected chi connectivity index (χ4v) is 5.26. The Bertz CT molecular complexity index is 674. The molecular formula is C17H26N3O3S+. The molecule has 0 spiro atoms. The van der Waals surface area contributed by atoms with Crippen molar-refractivity contribution >= 4 is 21.6 Å². The van der Waals surface area contributed by atoms with Crippen molar-refractivity contribution in [1.29, 1.82) is 0 Å². The molecule has 1 aliphatic heterocycles. The van der Waals surface area contributed by atoms with Gasteiger partial charge < -0.3 is 10.2 Å². The Kier molecular flexibility index (Phi) is 5.22. The molecule has 1 amide bonds. The molecule has 2 aliphatic rings. The number of piperazine rings is 1. The van der Waals surface area contributed by atoms with Crippen LogP contribution < -0.4 is 10.2 Å². The molecule has 3 rings (SSSR count). The minimum atomic E-state index is -3.45. The van der Waals surface area contributed by atoms with Crippen molar-refractivity contribution in [3.8, 4) is 0 Å². The van der Waals surface area contributed by atoms with Crippen LogP contribution in [0.25, 0.3) is 0 Å². The molecule has 0 bridgehead atoms. The summed E-state index contributed by atoms with van der Waals surface area (Å²) < 4.78 is 27.2. The predicted molar refractivity (Wildman–Crippen MR) is 92.5 cm³/mol. The minimum absolute atomic E-state index is 0.170. The van der Waals surface area contributed by atoms with Crippen molar-refractivity contribution in [1.82, 2.24) is 4.31 Å². The number of anilines is 1. The van der Waals surface area contributed by atoms with Crippen LogP contribution in [0.15, 0.2) is 29.2 Å². The standard InChI is InChI=1S/C17H25N3O3S/c1-14(21)18-15-6-8-17(9-7-15)24(22,23)20-12-10-19(11-13-20)16-4-2-3-5-16/h6-9,16H,2-5,10-13H2,1H3,(H,18,21)/p+1. The molecular weight excluding hydrogens is 326 g/mol. The van der Waals surface area contributed by atoms with E-state index in [9.17, 15) is 13.2 Å². The fourth-order valence-electron chi connectivity index (χ4n) is 3.82. The Balaban J connectivity index is 1.64. The van der Waals surface area contributed by atoms with Gasteiger partial charge in [0, 0.05) is 12.6 Å². The number of hydrogen-bond donors (Lipinski definition) is 2. The fraction of sp³-hybridized carbons (Fsp3) is 0.588. The third-order valence-electron chi connectivity index (χ3n) is 5.11. The molecule has 24 heavy (non-hydrogen) atoms. The Morgan fingerprint density at radius 3 is 2.25 bits per heavy atom. The zero-order chi connectivity index (χ0) is 17.2. The van der Waals surface area contributed by atoms with E-state index < -0.39 is 10.0 Å². The summed E-state index contributed by atoms with van der Waals surface area (Å²) in [6.45, 7) is 4.39. The number of quaternary nitrogens is 1. The van der Waals surface area contributed by atoms with Gasteiger partial charge in [-0.2, -0.15) is 4.31 Å². The molecule has 1 aromatic carbocycles. The maximum Gasteiger partial charge on any atom is 0.243 e. The number of carbonyl (C=O) groups is 1. The lowest BCUT2D eigenvalue weighted by Crippen LogP contribution is -3.18. The van der Waals surface area contributed by atoms with Gasteiger partial charge in [-0.05, 0) is 49.9 Å². The third-order valence-corrected chi connectivity index (χ3v) is 7.02. The van der Waals surface area contributed by atoms with Crippen molar-refractivity contribution < 1.29 is 18.1 Å². The van der Waals surface area contributed by atoms with Gasteiger partial charge in [0.2, 0.25) is 15.9 Å². The zero-order valence-electron chi connectivity index (χ0n) is 14.1. The number of carbonyl (C=O) groups excluding carboxylic acids is 1. The summed E-state index contributed by atoms with van der Waals surface area (Å²) in [5.41, 5.74) is 0.608. The highest BCUT2D eigenvalue weighted by atomic mass is 32.2. The van der Waals surface area contributed by atoms with E-state index in [-0.39, 0.29) is 5.91 Å². The molecule has 1 aliphatic carbocycles. The number of nitrogens with zero attached hydrogens (tertiary/aromatic N) is 1. The highest BCUT2D eigenvalue weighted by molar-refractivity contribution is 7.89.